The second-order valence-electron chi connectivity index (χ2n) is 10.4. The van der Waals surface area contributed by atoms with Crippen LogP contribution in [0.4, 0.5) is 4.79 Å². The second-order valence-corrected chi connectivity index (χ2v) is 10.4. The van der Waals surface area contributed by atoms with Crippen LogP contribution in [-0.2, 0) is 14.3 Å². The number of hydrogen-bond acceptors (Lipinski definition) is 4. The third-order valence-corrected chi connectivity index (χ3v) is 6.00. The predicted octanol–water partition coefficient (Wildman–Crippen LogP) is 4.56. The van der Waals surface area contributed by atoms with E-state index in [0.717, 1.165) is 22.3 Å². The molecule has 1 aliphatic carbocycles. The van der Waals surface area contributed by atoms with Gasteiger partial charge in [0.25, 0.3) is 0 Å². The van der Waals surface area contributed by atoms with Crippen LogP contribution < -0.4 is 10.6 Å². The lowest BCUT2D eigenvalue weighted by atomic mass is 9.87. The van der Waals surface area contributed by atoms with Gasteiger partial charge in [-0.15, -0.1) is 0 Å². The average Bonchev–Trinajstić information content (AvgIpc) is 3.08. The largest absolute Gasteiger partial charge is 0.480 e. The van der Waals surface area contributed by atoms with Gasteiger partial charge in [0.2, 0.25) is 5.91 Å². The lowest BCUT2D eigenvalue weighted by Crippen LogP contribution is -2.54. The van der Waals surface area contributed by atoms with Crippen molar-refractivity contribution in [2.45, 2.75) is 59.0 Å². The molecule has 2 aromatic carbocycles. The van der Waals surface area contributed by atoms with Crippen LogP contribution in [0.25, 0.3) is 11.1 Å². The summed E-state index contributed by atoms with van der Waals surface area (Å²) in [5, 5.41) is 14.6. The highest BCUT2D eigenvalue weighted by atomic mass is 16.5. The molecule has 182 valence electrons. The van der Waals surface area contributed by atoms with Gasteiger partial charge >= 0.3 is 12.1 Å². The molecule has 34 heavy (non-hydrogen) atoms. The number of hydrogen-bond donors (Lipinski definition) is 3. The van der Waals surface area contributed by atoms with E-state index in [1.165, 1.54) is 0 Å². The molecule has 0 saturated heterocycles. The maximum atomic E-state index is 12.9. The zero-order valence-corrected chi connectivity index (χ0v) is 20.4. The number of alkyl carbamates (subject to hydrolysis) is 1. The molecule has 7 heteroatoms. The smallest absolute Gasteiger partial charge is 0.407 e. The number of rotatable bonds is 8. The maximum absolute atomic E-state index is 12.9. The number of benzene rings is 2. The summed E-state index contributed by atoms with van der Waals surface area (Å²) in [6, 6.07) is 14.1. The summed E-state index contributed by atoms with van der Waals surface area (Å²) < 4.78 is 5.59. The van der Waals surface area contributed by atoms with Gasteiger partial charge in [0.1, 0.15) is 18.7 Å². The molecule has 3 rings (SSSR count). The number of carboxylic acids is 1. The summed E-state index contributed by atoms with van der Waals surface area (Å²) in [4.78, 5) is 37.2. The van der Waals surface area contributed by atoms with Crippen LogP contribution >= 0.6 is 0 Å². The van der Waals surface area contributed by atoms with Gasteiger partial charge in [-0.3, -0.25) is 4.79 Å². The molecule has 0 heterocycles. The first kappa shape index (κ1) is 25.3. The van der Waals surface area contributed by atoms with Gasteiger partial charge in [-0.1, -0.05) is 83.1 Å². The summed E-state index contributed by atoms with van der Waals surface area (Å²) >= 11 is 0. The number of nitrogens with one attached hydrogen (secondary N) is 2. The van der Waals surface area contributed by atoms with Gasteiger partial charge < -0.3 is 20.5 Å². The van der Waals surface area contributed by atoms with Crippen molar-refractivity contribution >= 4 is 18.0 Å². The summed E-state index contributed by atoms with van der Waals surface area (Å²) in [6.07, 6.45) is -0.379. The summed E-state index contributed by atoms with van der Waals surface area (Å²) in [5.74, 6) is -2.04. The Labute approximate surface area is 200 Å². The number of fused-ring (bicyclic) bond motifs is 3. The van der Waals surface area contributed by atoms with Crippen molar-refractivity contribution in [2.24, 2.45) is 11.3 Å². The Balaban J connectivity index is 1.70. The van der Waals surface area contributed by atoms with Crippen molar-refractivity contribution < 1.29 is 24.2 Å². The van der Waals surface area contributed by atoms with E-state index in [0.29, 0.717) is 6.42 Å². The topological polar surface area (TPSA) is 105 Å². The third-order valence-electron chi connectivity index (χ3n) is 6.00. The van der Waals surface area contributed by atoms with E-state index < -0.39 is 30.1 Å². The van der Waals surface area contributed by atoms with Crippen LogP contribution in [0.15, 0.2) is 48.5 Å². The van der Waals surface area contributed by atoms with Crippen LogP contribution in [0.1, 0.15) is 58.1 Å². The van der Waals surface area contributed by atoms with Crippen LogP contribution in [0, 0.1) is 11.3 Å². The summed E-state index contributed by atoms with van der Waals surface area (Å²) in [5.41, 5.74) is 4.18. The first-order chi connectivity index (χ1) is 16.0. The van der Waals surface area contributed by atoms with Crippen LogP contribution in [0.3, 0.4) is 0 Å². The normalized spacial score (nSPS) is 14.6. The zero-order valence-electron chi connectivity index (χ0n) is 20.4. The van der Waals surface area contributed by atoms with E-state index in [2.05, 4.69) is 22.8 Å². The van der Waals surface area contributed by atoms with Gasteiger partial charge in [-0.25, -0.2) is 9.59 Å². The highest BCUT2D eigenvalue weighted by Crippen LogP contribution is 2.44. The quantitative estimate of drug-likeness (QED) is 0.529. The Morgan fingerprint density at radius 3 is 1.94 bits per heavy atom. The fraction of sp³-hybridized carbons (Fsp3) is 0.444. The molecular weight excluding hydrogens is 432 g/mol. The molecular formula is C27H34N2O5. The minimum atomic E-state index is -1.11. The molecule has 0 aromatic heterocycles. The Bertz CT molecular complexity index is 1010. The Morgan fingerprint density at radius 2 is 1.47 bits per heavy atom. The Kier molecular flexibility index (Phi) is 7.64. The third kappa shape index (κ3) is 5.95. The van der Waals surface area contributed by atoms with Gasteiger partial charge in [-0.2, -0.15) is 0 Å². The molecule has 0 aliphatic heterocycles. The number of ether oxygens (including phenoxy) is 1. The van der Waals surface area contributed by atoms with Gasteiger partial charge in [0, 0.05) is 5.92 Å². The van der Waals surface area contributed by atoms with E-state index >= 15 is 0 Å². The fourth-order valence-electron chi connectivity index (χ4n) is 4.37. The van der Waals surface area contributed by atoms with Crippen molar-refractivity contribution in [2.75, 3.05) is 6.61 Å². The van der Waals surface area contributed by atoms with Gasteiger partial charge in [0.05, 0.1) is 0 Å². The molecule has 0 bridgehead atoms. The maximum Gasteiger partial charge on any atom is 0.407 e. The predicted molar refractivity (Wildman–Crippen MR) is 130 cm³/mol. The molecule has 7 nitrogen and oxygen atoms in total. The minimum Gasteiger partial charge on any atom is -0.480 e. The Hall–Kier alpha value is -3.35. The number of carboxylic acid groups (broad SMARTS) is 1. The van der Waals surface area contributed by atoms with Crippen LogP contribution in [0.2, 0.25) is 0 Å². The molecule has 0 radical (unpaired) electrons. The van der Waals surface area contributed by atoms with Gasteiger partial charge in [0.15, 0.2) is 0 Å². The SMILES string of the molecule is CC(C)[C@@H](NC(=O)C(CC(C)(C)C)NC(=O)OCC1c2ccccc2-c2ccccc21)C(=O)O. The number of aliphatic carboxylic acids is 1. The van der Waals surface area contributed by atoms with Crippen molar-refractivity contribution in [1.29, 1.82) is 0 Å². The summed E-state index contributed by atoms with van der Waals surface area (Å²) in [7, 11) is 0. The number of amides is 2. The standard InChI is InChI=1S/C27H34N2O5/c1-16(2)23(25(31)32)29-24(30)22(14-27(3,4)5)28-26(33)34-15-21-19-12-8-6-10-17(19)18-11-7-9-13-20(18)21/h6-13,16,21-23H,14-15H2,1-5H3,(H,28,33)(H,29,30)(H,31,32)/t22?,23-/m1/s1. The van der Waals surface area contributed by atoms with Crippen LogP contribution in [0.5, 0.6) is 0 Å². The molecule has 0 saturated carbocycles. The molecule has 3 N–H and O–H groups in total. The van der Waals surface area contributed by atoms with Crippen molar-refractivity contribution in [1.82, 2.24) is 10.6 Å². The molecule has 0 fully saturated rings. The van der Waals surface area contributed by atoms with E-state index in [9.17, 15) is 19.5 Å². The molecule has 1 aliphatic rings. The first-order valence-corrected chi connectivity index (χ1v) is 11.6. The van der Waals surface area contributed by atoms with E-state index in [-0.39, 0.29) is 23.9 Å². The first-order valence-electron chi connectivity index (χ1n) is 11.6. The lowest BCUT2D eigenvalue weighted by molar-refractivity contribution is -0.143. The molecule has 2 amide bonds. The second kappa shape index (κ2) is 10.3. The highest BCUT2D eigenvalue weighted by molar-refractivity contribution is 5.89. The number of carbonyl (C=O) groups is 3. The highest BCUT2D eigenvalue weighted by Gasteiger charge is 2.33. The van der Waals surface area contributed by atoms with E-state index in [1.54, 1.807) is 13.8 Å². The molecule has 2 aromatic rings. The molecule has 1 unspecified atom stereocenters. The zero-order chi connectivity index (χ0) is 25.0. The summed E-state index contributed by atoms with van der Waals surface area (Å²) in [6.45, 7) is 9.42. The van der Waals surface area contributed by atoms with Gasteiger partial charge in [-0.05, 0) is 40.0 Å². The van der Waals surface area contributed by atoms with Crippen molar-refractivity contribution in [3.05, 3.63) is 59.7 Å². The molecule has 2 atom stereocenters. The van der Waals surface area contributed by atoms with Crippen LogP contribution in [-0.4, -0.2) is 41.8 Å². The number of carbonyl (C=O) groups excluding carboxylic acids is 2. The fourth-order valence-corrected chi connectivity index (χ4v) is 4.37. The van der Waals surface area contributed by atoms with Crippen molar-refractivity contribution in [3.8, 4) is 11.1 Å². The Morgan fingerprint density at radius 1 is 0.941 bits per heavy atom. The monoisotopic (exact) mass is 466 g/mol. The lowest BCUT2D eigenvalue weighted by Gasteiger charge is -2.28. The van der Waals surface area contributed by atoms with Crippen molar-refractivity contribution in [3.63, 3.8) is 0 Å². The molecule has 0 spiro atoms. The minimum absolute atomic E-state index is 0.0922. The van der Waals surface area contributed by atoms with E-state index in [1.807, 2.05) is 57.2 Å². The van der Waals surface area contributed by atoms with E-state index in [4.69, 9.17) is 4.74 Å². The average molecular weight is 467 g/mol.